The molecule has 2 bridgehead atoms. The summed E-state index contributed by atoms with van der Waals surface area (Å²) >= 11 is 0. The lowest BCUT2D eigenvalue weighted by molar-refractivity contribution is -0.135. The van der Waals surface area contributed by atoms with E-state index in [-0.39, 0.29) is 23.6 Å². The average Bonchev–Trinajstić information content (AvgIpc) is 2.85. The molecule has 8 nitrogen and oxygen atoms in total. The number of aryl methyl sites for hydroxylation is 2. The molecule has 4 heterocycles. The Morgan fingerprint density at radius 3 is 2.62 bits per heavy atom. The number of hydrogen-bond acceptors (Lipinski definition) is 5. The summed E-state index contributed by atoms with van der Waals surface area (Å²) in [6, 6.07) is -0.0492. The molecule has 0 unspecified atom stereocenters. The maximum atomic E-state index is 12.8. The highest BCUT2D eigenvalue weighted by atomic mass is 32.2. The van der Waals surface area contributed by atoms with Gasteiger partial charge in [-0.05, 0) is 44.6 Å². The molecule has 1 aromatic heterocycles. The number of nitrogens with one attached hydrogen (secondary N) is 1. The van der Waals surface area contributed by atoms with Gasteiger partial charge in [0.25, 0.3) is 0 Å². The minimum Gasteiger partial charge on any atom is -0.338 e. The third-order valence-electron chi connectivity index (χ3n) is 5.51. The second-order valence-electron chi connectivity index (χ2n) is 7.45. The fourth-order valence-corrected chi connectivity index (χ4v) is 5.04. The third-order valence-corrected chi connectivity index (χ3v) is 6.75. The number of rotatable bonds is 4. The zero-order valence-corrected chi connectivity index (χ0v) is 16.3. The summed E-state index contributed by atoms with van der Waals surface area (Å²) in [5.74, 6) is 0.241. The van der Waals surface area contributed by atoms with Crippen molar-refractivity contribution >= 4 is 15.9 Å². The Labute approximate surface area is 153 Å². The number of carbonyl (C=O) groups excluding carboxylic acids is 1. The van der Waals surface area contributed by atoms with Crippen LogP contribution in [0.5, 0.6) is 0 Å². The summed E-state index contributed by atoms with van der Waals surface area (Å²) in [4.78, 5) is 32.7. The summed E-state index contributed by atoms with van der Waals surface area (Å²) in [7, 11) is -3.24. The van der Waals surface area contributed by atoms with E-state index in [2.05, 4.69) is 9.97 Å². The highest BCUT2D eigenvalue weighted by Gasteiger charge is 2.39. The highest BCUT2D eigenvalue weighted by Crippen LogP contribution is 2.29. The standard InChI is InChI=1S/C17H26N4O4S/c1-11-15(12(2)19-17(23)18-11)6-7-16(22)21-9-13-4-5-14(21)10-20(8-13)26(3,24)25/h13-14H,4-10H2,1-3H3,(H,18,19,23)/t13-,14+/m0/s1. The third kappa shape index (κ3) is 3.98. The van der Waals surface area contributed by atoms with Gasteiger partial charge in [0.05, 0.1) is 6.26 Å². The van der Waals surface area contributed by atoms with Crippen LogP contribution in [-0.2, 0) is 21.2 Å². The molecule has 144 valence electrons. The first-order chi connectivity index (χ1) is 12.1. The Kier molecular flexibility index (Phi) is 5.21. The number of aromatic amines is 1. The first-order valence-corrected chi connectivity index (χ1v) is 10.8. The molecule has 9 heteroatoms. The molecule has 3 saturated heterocycles. The number of amides is 1. The molecule has 3 aliphatic rings. The minimum atomic E-state index is -3.24. The van der Waals surface area contributed by atoms with Crippen molar-refractivity contribution in [2.24, 2.45) is 5.92 Å². The molecule has 0 saturated carbocycles. The van der Waals surface area contributed by atoms with Crippen LogP contribution in [0.25, 0.3) is 0 Å². The van der Waals surface area contributed by atoms with Crippen molar-refractivity contribution in [3.63, 3.8) is 0 Å². The number of hydrogen-bond donors (Lipinski definition) is 1. The Bertz CT molecular complexity index is 838. The van der Waals surface area contributed by atoms with Crippen molar-refractivity contribution in [2.45, 2.75) is 45.6 Å². The van der Waals surface area contributed by atoms with E-state index in [1.54, 1.807) is 6.92 Å². The van der Waals surface area contributed by atoms with Crippen LogP contribution >= 0.6 is 0 Å². The van der Waals surface area contributed by atoms with E-state index in [9.17, 15) is 18.0 Å². The molecular weight excluding hydrogens is 356 g/mol. The summed E-state index contributed by atoms with van der Waals surface area (Å²) in [6.45, 7) is 5.10. The number of H-pyrrole nitrogens is 1. The molecule has 3 fully saturated rings. The zero-order chi connectivity index (χ0) is 19.1. The van der Waals surface area contributed by atoms with Crippen molar-refractivity contribution in [3.8, 4) is 0 Å². The van der Waals surface area contributed by atoms with Gasteiger partial charge < -0.3 is 9.88 Å². The Morgan fingerprint density at radius 2 is 1.96 bits per heavy atom. The first kappa shape index (κ1) is 19.0. The molecule has 2 atom stereocenters. The maximum absolute atomic E-state index is 12.8. The van der Waals surface area contributed by atoms with E-state index in [1.807, 2.05) is 11.8 Å². The molecule has 1 N–H and O–H groups in total. The summed E-state index contributed by atoms with van der Waals surface area (Å²) < 4.78 is 25.4. The molecule has 0 radical (unpaired) electrons. The number of piperidine rings is 1. The van der Waals surface area contributed by atoms with Crippen molar-refractivity contribution in [1.29, 1.82) is 0 Å². The Balaban J connectivity index is 1.70. The lowest BCUT2D eigenvalue weighted by atomic mass is 9.94. The van der Waals surface area contributed by atoms with Crippen molar-refractivity contribution < 1.29 is 13.2 Å². The predicted molar refractivity (Wildman–Crippen MR) is 97.3 cm³/mol. The van der Waals surface area contributed by atoms with Gasteiger partial charge in [0.1, 0.15) is 0 Å². The van der Waals surface area contributed by atoms with Gasteiger partial charge in [-0.15, -0.1) is 0 Å². The Morgan fingerprint density at radius 1 is 1.23 bits per heavy atom. The van der Waals surface area contributed by atoms with Crippen LogP contribution in [0.1, 0.15) is 36.2 Å². The number of sulfonamides is 1. The van der Waals surface area contributed by atoms with Crippen LogP contribution in [0.2, 0.25) is 0 Å². The molecular formula is C17H26N4O4S. The van der Waals surface area contributed by atoms with Gasteiger partial charge in [-0.1, -0.05) is 0 Å². The molecule has 1 aromatic rings. The van der Waals surface area contributed by atoms with Crippen molar-refractivity contribution in [2.75, 3.05) is 25.9 Å². The lowest BCUT2D eigenvalue weighted by Crippen LogP contribution is -2.47. The van der Waals surface area contributed by atoms with E-state index in [4.69, 9.17) is 0 Å². The minimum absolute atomic E-state index is 0.0417. The normalized spacial score (nSPS) is 23.9. The average molecular weight is 382 g/mol. The maximum Gasteiger partial charge on any atom is 0.345 e. The fourth-order valence-electron chi connectivity index (χ4n) is 4.11. The van der Waals surface area contributed by atoms with Crippen molar-refractivity contribution in [1.82, 2.24) is 19.2 Å². The quantitative estimate of drug-likeness (QED) is 0.801. The highest BCUT2D eigenvalue weighted by molar-refractivity contribution is 7.88. The molecule has 26 heavy (non-hydrogen) atoms. The van der Waals surface area contributed by atoms with Crippen LogP contribution in [0.4, 0.5) is 0 Å². The van der Waals surface area contributed by atoms with Gasteiger partial charge in [-0.25, -0.2) is 13.2 Å². The summed E-state index contributed by atoms with van der Waals surface area (Å²) in [5.41, 5.74) is 1.92. The van der Waals surface area contributed by atoms with E-state index < -0.39 is 10.0 Å². The van der Waals surface area contributed by atoms with Gasteiger partial charge >= 0.3 is 5.69 Å². The predicted octanol–water partition coefficient (Wildman–Crippen LogP) is 0.202. The van der Waals surface area contributed by atoms with Crippen LogP contribution in [0.3, 0.4) is 0 Å². The smallest absolute Gasteiger partial charge is 0.338 e. The number of carbonyl (C=O) groups is 1. The van der Waals surface area contributed by atoms with Crippen LogP contribution in [0.15, 0.2) is 4.79 Å². The summed E-state index contributed by atoms with van der Waals surface area (Å²) in [6.07, 6.45) is 3.89. The number of fused-ring (bicyclic) bond motifs is 4. The SMILES string of the molecule is Cc1nc(=O)[nH]c(C)c1CCC(=O)N1C[C@H]2CC[C@@H]1CN(S(C)(=O)=O)C2. The first-order valence-electron chi connectivity index (χ1n) is 8.96. The van der Waals surface area contributed by atoms with E-state index >= 15 is 0 Å². The molecule has 1 amide bonds. The van der Waals surface area contributed by atoms with Crippen LogP contribution in [-0.4, -0.2) is 65.4 Å². The van der Waals surface area contributed by atoms with Gasteiger partial charge in [0.15, 0.2) is 0 Å². The zero-order valence-electron chi connectivity index (χ0n) is 15.5. The topological polar surface area (TPSA) is 103 Å². The lowest BCUT2D eigenvalue weighted by Gasteiger charge is -2.36. The number of nitrogens with zero attached hydrogens (tertiary/aromatic N) is 3. The van der Waals surface area contributed by atoms with Gasteiger partial charge in [-0.3, -0.25) is 4.79 Å². The fraction of sp³-hybridized carbons (Fsp3) is 0.706. The largest absolute Gasteiger partial charge is 0.345 e. The van der Waals surface area contributed by atoms with Gasteiger partial charge in [0, 0.05) is 43.5 Å². The van der Waals surface area contributed by atoms with E-state index in [0.29, 0.717) is 38.2 Å². The summed E-state index contributed by atoms with van der Waals surface area (Å²) in [5, 5.41) is 0. The molecule has 0 spiro atoms. The van der Waals surface area contributed by atoms with Crippen LogP contribution < -0.4 is 5.69 Å². The van der Waals surface area contributed by atoms with E-state index in [0.717, 1.165) is 24.1 Å². The van der Waals surface area contributed by atoms with Crippen LogP contribution in [0, 0.1) is 19.8 Å². The molecule has 4 rings (SSSR count). The monoisotopic (exact) mass is 382 g/mol. The van der Waals surface area contributed by atoms with Crippen molar-refractivity contribution in [3.05, 3.63) is 27.4 Å². The molecule has 3 aliphatic heterocycles. The molecule has 0 aliphatic carbocycles. The van der Waals surface area contributed by atoms with Gasteiger partial charge in [-0.2, -0.15) is 9.29 Å². The Hall–Kier alpha value is -1.74. The second kappa shape index (κ2) is 7.11. The van der Waals surface area contributed by atoms with Gasteiger partial charge in [0.2, 0.25) is 15.9 Å². The van der Waals surface area contributed by atoms with E-state index in [1.165, 1.54) is 10.6 Å². The second-order valence-corrected chi connectivity index (χ2v) is 9.44. The molecule has 0 aromatic carbocycles. The number of aromatic nitrogens is 2.